The van der Waals surface area contributed by atoms with E-state index < -0.39 is 5.97 Å². The zero-order chi connectivity index (χ0) is 8.15. The normalized spacial score (nSPS) is 16.3. The summed E-state index contributed by atoms with van der Waals surface area (Å²) >= 11 is 0. The van der Waals surface area contributed by atoms with Crippen molar-refractivity contribution >= 4 is 5.97 Å². The minimum absolute atomic E-state index is 0.00153. The first-order valence-corrected chi connectivity index (χ1v) is 3.25. The molecule has 0 aliphatic rings. The van der Waals surface area contributed by atoms with E-state index in [1.165, 1.54) is 0 Å². The monoisotopic (exact) mass is 146 g/mol. The summed E-state index contributed by atoms with van der Waals surface area (Å²) < 4.78 is 0. The predicted molar refractivity (Wildman–Crippen MR) is 38.5 cm³/mol. The van der Waals surface area contributed by atoms with Crippen LogP contribution < -0.4 is 11.5 Å². The first-order chi connectivity index (χ1) is 4.52. The number of aliphatic carboxylic acids is 1. The van der Waals surface area contributed by atoms with Crippen molar-refractivity contribution in [2.75, 3.05) is 0 Å². The molecular weight excluding hydrogens is 132 g/mol. The SMILES string of the molecule is C[C@@H](N)C[C@@H](N)CC(=O)O. The molecule has 0 bridgehead atoms. The van der Waals surface area contributed by atoms with E-state index in [0.717, 1.165) is 0 Å². The summed E-state index contributed by atoms with van der Waals surface area (Å²) in [5, 5.41) is 8.28. The lowest BCUT2D eigenvalue weighted by molar-refractivity contribution is -0.137. The maximum Gasteiger partial charge on any atom is 0.304 e. The summed E-state index contributed by atoms with van der Waals surface area (Å²) in [5.74, 6) is -0.867. The summed E-state index contributed by atoms with van der Waals surface area (Å²) in [6.07, 6.45) is 0.563. The van der Waals surface area contributed by atoms with E-state index in [9.17, 15) is 4.79 Å². The Balaban J connectivity index is 3.43. The minimum Gasteiger partial charge on any atom is -0.481 e. The average Bonchev–Trinajstić information content (AvgIpc) is 1.58. The Morgan fingerprint density at radius 3 is 2.40 bits per heavy atom. The Morgan fingerprint density at radius 1 is 1.60 bits per heavy atom. The van der Waals surface area contributed by atoms with Gasteiger partial charge in [-0.05, 0) is 13.3 Å². The fraction of sp³-hybridized carbons (Fsp3) is 0.833. The number of carbonyl (C=O) groups is 1. The third-order valence-electron chi connectivity index (χ3n) is 1.11. The Hall–Kier alpha value is -0.610. The number of nitrogens with two attached hydrogens (primary N) is 2. The quantitative estimate of drug-likeness (QED) is 0.500. The Bertz CT molecular complexity index is 114. The minimum atomic E-state index is -0.867. The molecule has 0 rings (SSSR count). The van der Waals surface area contributed by atoms with Crippen molar-refractivity contribution in [2.24, 2.45) is 11.5 Å². The van der Waals surface area contributed by atoms with Crippen molar-refractivity contribution in [2.45, 2.75) is 31.8 Å². The fourth-order valence-electron chi connectivity index (χ4n) is 0.785. The van der Waals surface area contributed by atoms with E-state index >= 15 is 0 Å². The van der Waals surface area contributed by atoms with Crippen molar-refractivity contribution < 1.29 is 9.90 Å². The van der Waals surface area contributed by atoms with Gasteiger partial charge in [-0.15, -0.1) is 0 Å². The van der Waals surface area contributed by atoms with Gasteiger partial charge < -0.3 is 16.6 Å². The van der Waals surface area contributed by atoms with Crippen LogP contribution in [0.15, 0.2) is 0 Å². The number of rotatable bonds is 4. The number of hydrogen-bond donors (Lipinski definition) is 3. The first kappa shape index (κ1) is 9.39. The van der Waals surface area contributed by atoms with Gasteiger partial charge in [0, 0.05) is 12.1 Å². The molecule has 0 saturated carbocycles. The number of carboxylic acids is 1. The van der Waals surface area contributed by atoms with E-state index in [-0.39, 0.29) is 18.5 Å². The second kappa shape index (κ2) is 4.24. The lowest BCUT2D eigenvalue weighted by atomic mass is 10.1. The highest BCUT2D eigenvalue weighted by Crippen LogP contribution is 1.96. The van der Waals surface area contributed by atoms with Crippen LogP contribution in [0.25, 0.3) is 0 Å². The van der Waals surface area contributed by atoms with Crippen LogP contribution in [0, 0.1) is 0 Å². The zero-order valence-corrected chi connectivity index (χ0v) is 6.08. The molecule has 0 aromatic heterocycles. The molecule has 2 atom stereocenters. The van der Waals surface area contributed by atoms with E-state index in [1.807, 2.05) is 6.92 Å². The van der Waals surface area contributed by atoms with Gasteiger partial charge in [0.15, 0.2) is 0 Å². The van der Waals surface area contributed by atoms with E-state index in [0.29, 0.717) is 6.42 Å². The van der Waals surface area contributed by atoms with Crippen molar-refractivity contribution in [3.05, 3.63) is 0 Å². The maximum absolute atomic E-state index is 10.1. The smallest absolute Gasteiger partial charge is 0.304 e. The van der Waals surface area contributed by atoms with Gasteiger partial charge >= 0.3 is 5.97 Å². The second-order valence-electron chi connectivity index (χ2n) is 2.57. The zero-order valence-electron chi connectivity index (χ0n) is 6.08. The molecule has 0 unspecified atom stereocenters. The number of carboxylic acid groups (broad SMARTS) is 1. The van der Waals surface area contributed by atoms with Gasteiger partial charge in [-0.1, -0.05) is 0 Å². The van der Waals surface area contributed by atoms with Crippen molar-refractivity contribution in [3.63, 3.8) is 0 Å². The van der Waals surface area contributed by atoms with Gasteiger partial charge in [0.25, 0.3) is 0 Å². The summed E-state index contributed by atoms with van der Waals surface area (Å²) in [4.78, 5) is 10.1. The molecule has 0 spiro atoms. The molecule has 10 heavy (non-hydrogen) atoms. The van der Waals surface area contributed by atoms with Gasteiger partial charge in [-0.2, -0.15) is 0 Å². The number of hydrogen-bond acceptors (Lipinski definition) is 3. The van der Waals surface area contributed by atoms with Crippen molar-refractivity contribution in [3.8, 4) is 0 Å². The first-order valence-electron chi connectivity index (χ1n) is 3.25. The molecule has 0 radical (unpaired) electrons. The summed E-state index contributed by atoms with van der Waals surface area (Å²) in [7, 11) is 0. The van der Waals surface area contributed by atoms with Gasteiger partial charge in [0.05, 0.1) is 6.42 Å². The molecule has 0 aliphatic carbocycles. The van der Waals surface area contributed by atoms with Crippen LogP contribution >= 0.6 is 0 Å². The molecule has 4 heteroatoms. The van der Waals surface area contributed by atoms with Crippen LogP contribution in [0.2, 0.25) is 0 Å². The highest BCUT2D eigenvalue weighted by atomic mass is 16.4. The van der Waals surface area contributed by atoms with Gasteiger partial charge in [-0.25, -0.2) is 0 Å². The van der Waals surface area contributed by atoms with Crippen molar-refractivity contribution in [1.29, 1.82) is 0 Å². The molecule has 0 amide bonds. The predicted octanol–water partition coefficient (Wildman–Crippen LogP) is -0.474. The lowest BCUT2D eigenvalue weighted by Gasteiger charge is -2.10. The maximum atomic E-state index is 10.1. The molecule has 60 valence electrons. The molecule has 0 heterocycles. The van der Waals surface area contributed by atoms with Crippen LogP contribution in [-0.2, 0) is 4.79 Å². The van der Waals surface area contributed by atoms with Crippen LogP contribution in [0.1, 0.15) is 19.8 Å². The van der Waals surface area contributed by atoms with E-state index in [4.69, 9.17) is 16.6 Å². The topological polar surface area (TPSA) is 89.3 Å². The molecule has 0 aromatic carbocycles. The summed E-state index contributed by atoms with van der Waals surface area (Å²) in [6.45, 7) is 1.81. The average molecular weight is 146 g/mol. The summed E-state index contributed by atoms with van der Waals surface area (Å²) in [5.41, 5.74) is 10.8. The highest BCUT2D eigenvalue weighted by Gasteiger charge is 2.09. The van der Waals surface area contributed by atoms with Gasteiger partial charge in [0.1, 0.15) is 0 Å². The van der Waals surface area contributed by atoms with Crippen LogP contribution in [0.5, 0.6) is 0 Å². The molecule has 4 nitrogen and oxygen atoms in total. The molecule has 0 saturated heterocycles. The third-order valence-corrected chi connectivity index (χ3v) is 1.11. The highest BCUT2D eigenvalue weighted by molar-refractivity contribution is 5.67. The third kappa shape index (κ3) is 5.53. The van der Waals surface area contributed by atoms with Gasteiger partial charge in [-0.3, -0.25) is 4.79 Å². The molecular formula is C6H14N2O2. The van der Waals surface area contributed by atoms with Crippen LogP contribution in [0.4, 0.5) is 0 Å². The Morgan fingerprint density at radius 2 is 2.10 bits per heavy atom. The Labute approximate surface area is 60.2 Å². The lowest BCUT2D eigenvalue weighted by Crippen LogP contribution is -2.31. The molecule has 0 fully saturated rings. The molecule has 0 aromatic rings. The van der Waals surface area contributed by atoms with Crippen molar-refractivity contribution in [1.82, 2.24) is 0 Å². The second-order valence-corrected chi connectivity index (χ2v) is 2.57. The fourth-order valence-corrected chi connectivity index (χ4v) is 0.785. The standard InChI is InChI=1S/C6H14N2O2/c1-4(7)2-5(8)3-6(9)10/h4-5H,2-3,7-8H2,1H3,(H,9,10)/t4-,5-/m1/s1. The molecule has 5 N–H and O–H groups in total. The van der Waals surface area contributed by atoms with Gasteiger partial charge in [0.2, 0.25) is 0 Å². The van der Waals surface area contributed by atoms with E-state index in [1.54, 1.807) is 0 Å². The van der Waals surface area contributed by atoms with Crippen LogP contribution in [0.3, 0.4) is 0 Å². The van der Waals surface area contributed by atoms with E-state index in [2.05, 4.69) is 0 Å². The molecule has 0 aliphatic heterocycles. The largest absolute Gasteiger partial charge is 0.481 e. The van der Waals surface area contributed by atoms with Crippen LogP contribution in [-0.4, -0.2) is 23.2 Å². The summed E-state index contributed by atoms with van der Waals surface area (Å²) in [6, 6.07) is -0.327. The Kier molecular flexibility index (Phi) is 3.99.